The molecule has 0 amide bonds. The molecule has 1 aromatic rings. The molecule has 1 atom stereocenters. The van der Waals surface area contributed by atoms with Crippen molar-refractivity contribution in [1.82, 2.24) is 5.32 Å². The van der Waals surface area contributed by atoms with E-state index in [4.69, 9.17) is 5.11 Å². The van der Waals surface area contributed by atoms with Crippen LogP contribution in [0.5, 0.6) is 0 Å². The molecule has 1 rings (SSSR count). The van der Waals surface area contributed by atoms with Crippen LogP contribution in [0, 0.1) is 0 Å². The summed E-state index contributed by atoms with van der Waals surface area (Å²) in [4.78, 5) is 2.09. The number of hydrogen-bond acceptors (Lipinski definition) is 3. The summed E-state index contributed by atoms with van der Waals surface area (Å²) in [6, 6.07) is 8.72. The summed E-state index contributed by atoms with van der Waals surface area (Å²) in [6.07, 6.45) is 1.06. The van der Waals surface area contributed by atoms with E-state index in [2.05, 4.69) is 35.3 Å². The van der Waals surface area contributed by atoms with E-state index in [0.29, 0.717) is 12.6 Å². The summed E-state index contributed by atoms with van der Waals surface area (Å²) < 4.78 is 0. The van der Waals surface area contributed by atoms with Gasteiger partial charge in [0.1, 0.15) is 0 Å². The summed E-state index contributed by atoms with van der Waals surface area (Å²) in [5.74, 6) is 0. The Morgan fingerprint density at radius 3 is 2.62 bits per heavy atom. The Balaban J connectivity index is 2.98. The first kappa shape index (κ1) is 13.0. The number of aliphatic hydroxyl groups is 1. The SMILES string of the molecule is CCC(NC)c1ccccc1N(C)CCO. The zero-order valence-electron chi connectivity index (χ0n) is 10.4. The fourth-order valence-electron chi connectivity index (χ4n) is 1.98. The Kier molecular flexibility index (Phi) is 5.29. The number of para-hydroxylation sites is 1. The second-order valence-corrected chi connectivity index (χ2v) is 3.95. The lowest BCUT2D eigenvalue weighted by molar-refractivity contribution is 0.304. The first-order valence-electron chi connectivity index (χ1n) is 5.82. The van der Waals surface area contributed by atoms with Crippen LogP contribution in [0.2, 0.25) is 0 Å². The Morgan fingerprint density at radius 1 is 1.38 bits per heavy atom. The molecule has 0 fully saturated rings. The van der Waals surface area contributed by atoms with Crippen LogP contribution < -0.4 is 10.2 Å². The second kappa shape index (κ2) is 6.51. The Morgan fingerprint density at radius 2 is 2.06 bits per heavy atom. The van der Waals surface area contributed by atoms with Gasteiger partial charge in [0.25, 0.3) is 0 Å². The van der Waals surface area contributed by atoms with Crippen LogP contribution in [0.3, 0.4) is 0 Å². The third kappa shape index (κ3) is 2.97. The van der Waals surface area contributed by atoms with Gasteiger partial charge in [-0.2, -0.15) is 0 Å². The van der Waals surface area contributed by atoms with Crippen LogP contribution >= 0.6 is 0 Å². The monoisotopic (exact) mass is 222 g/mol. The van der Waals surface area contributed by atoms with Gasteiger partial charge < -0.3 is 15.3 Å². The highest BCUT2D eigenvalue weighted by molar-refractivity contribution is 5.54. The molecule has 0 aliphatic rings. The van der Waals surface area contributed by atoms with Crippen LogP contribution in [-0.2, 0) is 0 Å². The van der Waals surface area contributed by atoms with Crippen LogP contribution in [0.15, 0.2) is 24.3 Å². The quantitative estimate of drug-likeness (QED) is 0.770. The fraction of sp³-hybridized carbons (Fsp3) is 0.538. The van der Waals surface area contributed by atoms with E-state index >= 15 is 0 Å². The molecular weight excluding hydrogens is 200 g/mol. The average Bonchev–Trinajstić information content (AvgIpc) is 2.31. The standard InChI is InChI=1S/C13H22N2O/c1-4-12(14-2)11-7-5-6-8-13(11)15(3)9-10-16/h5-8,12,14,16H,4,9-10H2,1-3H3. The summed E-state index contributed by atoms with van der Waals surface area (Å²) in [7, 11) is 3.99. The van der Waals surface area contributed by atoms with Gasteiger partial charge in [0.05, 0.1) is 6.61 Å². The van der Waals surface area contributed by atoms with Crippen molar-refractivity contribution in [3.63, 3.8) is 0 Å². The number of benzene rings is 1. The molecule has 90 valence electrons. The number of nitrogens with one attached hydrogen (secondary N) is 1. The highest BCUT2D eigenvalue weighted by atomic mass is 16.3. The number of aliphatic hydroxyl groups excluding tert-OH is 1. The molecule has 16 heavy (non-hydrogen) atoms. The molecule has 0 saturated carbocycles. The average molecular weight is 222 g/mol. The van der Waals surface area contributed by atoms with Gasteiger partial charge in [-0.05, 0) is 25.1 Å². The van der Waals surface area contributed by atoms with Crippen molar-refractivity contribution in [1.29, 1.82) is 0 Å². The normalized spacial score (nSPS) is 12.5. The third-order valence-electron chi connectivity index (χ3n) is 2.92. The van der Waals surface area contributed by atoms with E-state index in [1.54, 1.807) is 0 Å². The minimum absolute atomic E-state index is 0.182. The number of nitrogens with zero attached hydrogens (tertiary/aromatic N) is 1. The van der Waals surface area contributed by atoms with Gasteiger partial charge in [-0.25, -0.2) is 0 Å². The van der Waals surface area contributed by atoms with Gasteiger partial charge in [0.2, 0.25) is 0 Å². The number of hydrogen-bond donors (Lipinski definition) is 2. The molecule has 0 aliphatic heterocycles. The molecule has 0 heterocycles. The maximum absolute atomic E-state index is 8.98. The zero-order valence-corrected chi connectivity index (χ0v) is 10.4. The largest absolute Gasteiger partial charge is 0.395 e. The van der Waals surface area contributed by atoms with Crippen molar-refractivity contribution in [2.24, 2.45) is 0 Å². The minimum atomic E-state index is 0.182. The molecule has 0 radical (unpaired) electrons. The molecule has 3 nitrogen and oxygen atoms in total. The van der Waals surface area contributed by atoms with Gasteiger partial charge in [-0.1, -0.05) is 25.1 Å². The van der Waals surface area contributed by atoms with E-state index in [9.17, 15) is 0 Å². The molecule has 0 bridgehead atoms. The molecule has 0 saturated heterocycles. The Bertz CT molecular complexity index is 311. The highest BCUT2D eigenvalue weighted by Gasteiger charge is 2.13. The zero-order chi connectivity index (χ0) is 12.0. The van der Waals surface area contributed by atoms with E-state index in [1.165, 1.54) is 11.3 Å². The molecule has 2 N–H and O–H groups in total. The first-order chi connectivity index (χ1) is 7.74. The molecule has 3 heteroatoms. The smallest absolute Gasteiger partial charge is 0.0606 e. The molecule has 0 aliphatic carbocycles. The van der Waals surface area contributed by atoms with Crippen LogP contribution in [0.4, 0.5) is 5.69 Å². The van der Waals surface area contributed by atoms with Crippen molar-refractivity contribution in [2.75, 3.05) is 32.1 Å². The lowest BCUT2D eigenvalue weighted by Crippen LogP contribution is -2.25. The fourth-order valence-corrected chi connectivity index (χ4v) is 1.98. The predicted octanol–water partition coefficient (Wildman–Crippen LogP) is 1.79. The van der Waals surface area contributed by atoms with Gasteiger partial charge in [-0.15, -0.1) is 0 Å². The molecule has 1 aromatic carbocycles. The molecule has 0 spiro atoms. The lowest BCUT2D eigenvalue weighted by Gasteiger charge is -2.25. The van der Waals surface area contributed by atoms with Crippen molar-refractivity contribution in [2.45, 2.75) is 19.4 Å². The first-order valence-corrected chi connectivity index (χ1v) is 5.82. The second-order valence-electron chi connectivity index (χ2n) is 3.95. The summed E-state index contributed by atoms with van der Waals surface area (Å²) in [5.41, 5.74) is 2.49. The lowest BCUT2D eigenvalue weighted by atomic mass is 10.0. The molecule has 0 aromatic heterocycles. The summed E-state index contributed by atoms with van der Waals surface area (Å²) in [6.45, 7) is 3.02. The molecular formula is C13H22N2O. The summed E-state index contributed by atoms with van der Waals surface area (Å²) >= 11 is 0. The van der Waals surface area contributed by atoms with Crippen molar-refractivity contribution in [3.8, 4) is 0 Å². The number of anilines is 1. The van der Waals surface area contributed by atoms with Gasteiger partial charge in [0.15, 0.2) is 0 Å². The van der Waals surface area contributed by atoms with Crippen LogP contribution in [-0.4, -0.2) is 32.4 Å². The third-order valence-corrected chi connectivity index (χ3v) is 2.92. The van der Waals surface area contributed by atoms with Gasteiger partial charge in [0, 0.05) is 25.3 Å². The van der Waals surface area contributed by atoms with E-state index in [-0.39, 0.29) is 6.61 Å². The van der Waals surface area contributed by atoms with Crippen molar-refractivity contribution >= 4 is 5.69 Å². The molecule has 1 unspecified atom stereocenters. The minimum Gasteiger partial charge on any atom is -0.395 e. The predicted molar refractivity (Wildman–Crippen MR) is 68.9 cm³/mol. The topological polar surface area (TPSA) is 35.5 Å². The summed E-state index contributed by atoms with van der Waals surface area (Å²) in [5, 5.41) is 12.3. The van der Waals surface area contributed by atoms with E-state index in [1.807, 2.05) is 20.2 Å². The van der Waals surface area contributed by atoms with Crippen molar-refractivity contribution < 1.29 is 5.11 Å². The maximum Gasteiger partial charge on any atom is 0.0606 e. The Hall–Kier alpha value is -1.06. The number of likely N-dealkylation sites (N-methyl/N-ethyl adjacent to an activating group) is 1. The van der Waals surface area contributed by atoms with Crippen LogP contribution in [0.25, 0.3) is 0 Å². The van der Waals surface area contributed by atoms with Crippen LogP contribution in [0.1, 0.15) is 24.9 Å². The highest BCUT2D eigenvalue weighted by Crippen LogP contribution is 2.26. The van der Waals surface area contributed by atoms with Gasteiger partial charge in [-0.3, -0.25) is 0 Å². The van der Waals surface area contributed by atoms with E-state index < -0.39 is 0 Å². The Labute approximate surface area is 98.1 Å². The van der Waals surface area contributed by atoms with Crippen molar-refractivity contribution in [3.05, 3.63) is 29.8 Å². The van der Waals surface area contributed by atoms with E-state index in [0.717, 1.165) is 6.42 Å². The van der Waals surface area contributed by atoms with Gasteiger partial charge >= 0.3 is 0 Å². The maximum atomic E-state index is 8.98. The number of rotatable bonds is 6.